The van der Waals surface area contributed by atoms with Crippen LogP contribution in [0, 0.1) is 0 Å². The van der Waals surface area contributed by atoms with E-state index in [1.807, 2.05) is 4.90 Å². The van der Waals surface area contributed by atoms with Gasteiger partial charge in [-0.2, -0.15) is 0 Å². The summed E-state index contributed by atoms with van der Waals surface area (Å²) >= 11 is 0. The Labute approximate surface area is 71.1 Å². The SMILES string of the molecule is O=CNCCN1CCNC(=O)C1. The quantitative estimate of drug-likeness (QED) is 0.386. The van der Waals surface area contributed by atoms with Crippen LogP contribution in [0.4, 0.5) is 0 Å². The van der Waals surface area contributed by atoms with E-state index in [0.717, 1.165) is 13.1 Å². The maximum atomic E-state index is 10.9. The Hall–Kier alpha value is -1.10. The molecule has 0 bridgehead atoms. The van der Waals surface area contributed by atoms with E-state index in [1.165, 1.54) is 0 Å². The van der Waals surface area contributed by atoms with Gasteiger partial charge in [-0.3, -0.25) is 14.5 Å². The van der Waals surface area contributed by atoms with Gasteiger partial charge in [0, 0.05) is 26.2 Å². The molecule has 0 unspecified atom stereocenters. The molecule has 68 valence electrons. The average Bonchev–Trinajstić information content (AvgIpc) is 2.05. The summed E-state index contributed by atoms with van der Waals surface area (Å²) in [6.45, 7) is 3.37. The van der Waals surface area contributed by atoms with Crippen LogP contribution in [0.5, 0.6) is 0 Å². The topological polar surface area (TPSA) is 61.4 Å². The highest BCUT2D eigenvalue weighted by Gasteiger charge is 2.14. The first-order valence-corrected chi connectivity index (χ1v) is 3.99. The molecule has 0 aliphatic carbocycles. The Morgan fingerprint density at radius 1 is 1.67 bits per heavy atom. The van der Waals surface area contributed by atoms with Crippen LogP contribution in [0.25, 0.3) is 0 Å². The van der Waals surface area contributed by atoms with E-state index in [4.69, 9.17) is 0 Å². The number of carbonyl (C=O) groups excluding carboxylic acids is 2. The fourth-order valence-electron chi connectivity index (χ4n) is 1.16. The molecule has 12 heavy (non-hydrogen) atoms. The first-order chi connectivity index (χ1) is 5.83. The molecule has 5 nitrogen and oxygen atoms in total. The normalized spacial score (nSPS) is 18.5. The van der Waals surface area contributed by atoms with Gasteiger partial charge in [0.05, 0.1) is 6.54 Å². The molecule has 1 fully saturated rings. The standard InChI is InChI=1S/C7H13N3O2/c11-6-8-1-3-10-4-2-9-7(12)5-10/h6H,1-5H2,(H,8,11)(H,9,12). The number of piperazine rings is 1. The monoisotopic (exact) mass is 171 g/mol. The number of hydrogen-bond acceptors (Lipinski definition) is 3. The fraction of sp³-hybridized carbons (Fsp3) is 0.714. The van der Waals surface area contributed by atoms with E-state index >= 15 is 0 Å². The van der Waals surface area contributed by atoms with Crippen LogP contribution >= 0.6 is 0 Å². The van der Waals surface area contributed by atoms with Crippen LogP contribution in [0.3, 0.4) is 0 Å². The largest absolute Gasteiger partial charge is 0.357 e. The van der Waals surface area contributed by atoms with Gasteiger partial charge in [-0.15, -0.1) is 0 Å². The fourth-order valence-corrected chi connectivity index (χ4v) is 1.16. The second kappa shape index (κ2) is 4.71. The lowest BCUT2D eigenvalue weighted by atomic mass is 10.3. The van der Waals surface area contributed by atoms with Gasteiger partial charge in [-0.1, -0.05) is 0 Å². The number of hydrogen-bond donors (Lipinski definition) is 2. The van der Waals surface area contributed by atoms with Crippen LogP contribution in [0.1, 0.15) is 0 Å². The maximum Gasteiger partial charge on any atom is 0.234 e. The lowest BCUT2D eigenvalue weighted by Crippen LogP contribution is -2.49. The Morgan fingerprint density at radius 3 is 3.17 bits per heavy atom. The van der Waals surface area contributed by atoms with E-state index < -0.39 is 0 Å². The molecule has 0 aromatic heterocycles. The second-order valence-corrected chi connectivity index (χ2v) is 2.70. The van der Waals surface area contributed by atoms with E-state index in [9.17, 15) is 9.59 Å². The highest BCUT2D eigenvalue weighted by Crippen LogP contribution is 1.90. The van der Waals surface area contributed by atoms with Crippen molar-refractivity contribution in [2.45, 2.75) is 0 Å². The van der Waals surface area contributed by atoms with Crippen molar-refractivity contribution in [1.29, 1.82) is 0 Å². The molecule has 0 saturated carbocycles. The molecule has 5 heteroatoms. The third-order valence-corrected chi connectivity index (χ3v) is 1.77. The van der Waals surface area contributed by atoms with Gasteiger partial charge >= 0.3 is 0 Å². The van der Waals surface area contributed by atoms with Crippen molar-refractivity contribution in [3.63, 3.8) is 0 Å². The number of nitrogens with zero attached hydrogens (tertiary/aromatic N) is 1. The zero-order chi connectivity index (χ0) is 8.81. The van der Waals surface area contributed by atoms with Gasteiger partial charge in [-0.05, 0) is 0 Å². The van der Waals surface area contributed by atoms with Crippen molar-refractivity contribution in [1.82, 2.24) is 15.5 Å². The Balaban J connectivity index is 2.14. The lowest BCUT2D eigenvalue weighted by Gasteiger charge is -2.25. The second-order valence-electron chi connectivity index (χ2n) is 2.70. The molecular formula is C7H13N3O2. The van der Waals surface area contributed by atoms with Gasteiger partial charge in [0.2, 0.25) is 12.3 Å². The molecule has 2 amide bonds. The summed E-state index contributed by atoms with van der Waals surface area (Å²) in [4.78, 5) is 22.8. The number of carbonyl (C=O) groups is 2. The minimum Gasteiger partial charge on any atom is -0.357 e. The van der Waals surface area contributed by atoms with Gasteiger partial charge in [-0.25, -0.2) is 0 Å². The Bertz CT molecular complexity index is 172. The number of rotatable bonds is 4. The molecule has 0 spiro atoms. The summed E-state index contributed by atoms with van der Waals surface area (Å²) < 4.78 is 0. The highest BCUT2D eigenvalue weighted by molar-refractivity contribution is 5.78. The molecule has 0 aromatic rings. The summed E-state index contributed by atoms with van der Waals surface area (Å²) in [5.74, 6) is 0.0624. The highest BCUT2D eigenvalue weighted by atomic mass is 16.2. The van der Waals surface area contributed by atoms with Crippen molar-refractivity contribution in [3.05, 3.63) is 0 Å². The molecular weight excluding hydrogens is 158 g/mol. The first kappa shape index (κ1) is 8.99. The third kappa shape index (κ3) is 2.87. The smallest absolute Gasteiger partial charge is 0.234 e. The minimum atomic E-state index is 0.0624. The summed E-state index contributed by atoms with van der Waals surface area (Å²) in [5.41, 5.74) is 0. The summed E-state index contributed by atoms with van der Waals surface area (Å²) in [7, 11) is 0. The molecule has 2 N–H and O–H groups in total. The molecule has 0 radical (unpaired) electrons. The predicted octanol–water partition coefficient (Wildman–Crippen LogP) is -1.84. The van der Waals surface area contributed by atoms with Crippen LogP contribution < -0.4 is 10.6 Å². The average molecular weight is 171 g/mol. The van der Waals surface area contributed by atoms with Crippen molar-refractivity contribution < 1.29 is 9.59 Å². The Morgan fingerprint density at radius 2 is 2.50 bits per heavy atom. The number of nitrogens with one attached hydrogen (secondary N) is 2. The predicted molar refractivity (Wildman–Crippen MR) is 43.5 cm³/mol. The van der Waals surface area contributed by atoms with Crippen LogP contribution in [-0.4, -0.2) is 49.9 Å². The van der Waals surface area contributed by atoms with Crippen molar-refractivity contribution in [2.24, 2.45) is 0 Å². The summed E-state index contributed by atoms with van der Waals surface area (Å²) in [6, 6.07) is 0. The van der Waals surface area contributed by atoms with Gasteiger partial charge in [0.25, 0.3) is 0 Å². The Kier molecular flexibility index (Phi) is 3.53. The van der Waals surface area contributed by atoms with E-state index in [2.05, 4.69) is 10.6 Å². The lowest BCUT2D eigenvalue weighted by molar-refractivity contribution is -0.124. The maximum absolute atomic E-state index is 10.9. The first-order valence-electron chi connectivity index (χ1n) is 3.99. The molecule has 1 rings (SSSR count). The van der Waals surface area contributed by atoms with E-state index in [1.54, 1.807) is 0 Å². The van der Waals surface area contributed by atoms with Gasteiger partial charge in [0.1, 0.15) is 0 Å². The molecule has 1 heterocycles. The summed E-state index contributed by atoms with van der Waals surface area (Å²) in [6.07, 6.45) is 0.671. The van der Waals surface area contributed by atoms with Crippen molar-refractivity contribution in [2.75, 3.05) is 32.7 Å². The van der Waals surface area contributed by atoms with Crippen LogP contribution in [0.15, 0.2) is 0 Å². The molecule has 0 aromatic carbocycles. The van der Waals surface area contributed by atoms with Crippen molar-refractivity contribution >= 4 is 12.3 Å². The third-order valence-electron chi connectivity index (χ3n) is 1.77. The van der Waals surface area contributed by atoms with E-state index in [0.29, 0.717) is 26.0 Å². The molecule has 0 atom stereocenters. The molecule has 1 aliphatic heterocycles. The van der Waals surface area contributed by atoms with Crippen molar-refractivity contribution in [3.8, 4) is 0 Å². The number of amides is 2. The summed E-state index contributed by atoms with van der Waals surface area (Å²) in [5, 5.41) is 5.29. The van der Waals surface area contributed by atoms with Gasteiger partial charge < -0.3 is 10.6 Å². The zero-order valence-electron chi connectivity index (χ0n) is 6.88. The molecule has 1 saturated heterocycles. The van der Waals surface area contributed by atoms with Crippen LogP contribution in [0.2, 0.25) is 0 Å². The van der Waals surface area contributed by atoms with E-state index in [-0.39, 0.29) is 5.91 Å². The molecule has 1 aliphatic rings. The zero-order valence-corrected chi connectivity index (χ0v) is 6.88. The minimum absolute atomic E-state index is 0.0624. The van der Waals surface area contributed by atoms with Crippen LogP contribution in [-0.2, 0) is 9.59 Å². The van der Waals surface area contributed by atoms with Gasteiger partial charge in [0.15, 0.2) is 0 Å².